The third-order valence-corrected chi connectivity index (χ3v) is 6.20. The van der Waals surface area contributed by atoms with Crippen molar-refractivity contribution in [2.45, 2.75) is 19.9 Å². The van der Waals surface area contributed by atoms with Crippen LogP contribution in [0.1, 0.15) is 13.3 Å². The van der Waals surface area contributed by atoms with Crippen molar-refractivity contribution < 1.29 is 9.53 Å². The first-order valence-electron chi connectivity index (χ1n) is 12.0. The van der Waals surface area contributed by atoms with Gasteiger partial charge in [0.05, 0.1) is 24.4 Å². The minimum Gasteiger partial charge on any atom is -0.379 e. The minimum absolute atomic E-state index is 0.0418. The highest BCUT2D eigenvalue weighted by Crippen LogP contribution is 2.33. The number of ether oxygens (including phenoxy) is 1. The first kappa shape index (κ1) is 23.1. The zero-order valence-electron chi connectivity index (χ0n) is 19.8. The molecule has 0 bridgehead atoms. The lowest BCUT2D eigenvalue weighted by Crippen LogP contribution is -2.39. The largest absolute Gasteiger partial charge is 0.379 e. The second-order valence-corrected chi connectivity index (χ2v) is 8.57. The third-order valence-electron chi connectivity index (χ3n) is 6.20. The second kappa shape index (κ2) is 10.3. The zero-order valence-corrected chi connectivity index (χ0v) is 19.8. The fraction of sp³-hybridized carbons (Fsp3) is 0.417. The summed E-state index contributed by atoms with van der Waals surface area (Å²) in [5.74, 6) is 0.353. The number of hydrazone groups is 1. The Hall–Kier alpha value is -3.70. The molecule has 11 nitrogen and oxygen atoms in total. The number of rotatable bonds is 7. The Morgan fingerprint density at radius 3 is 2.74 bits per heavy atom. The molecule has 0 aliphatic carbocycles. The van der Waals surface area contributed by atoms with Crippen molar-refractivity contribution in [2.75, 3.05) is 56.3 Å². The number of pyridine rings is 1. The molecule has 5 rings (SSSR count). The van der Waals surface area contributed by atoms with E-state index < -0.39 is 0 Å². The third kappa shape index (κ3) is 5.20. The van der Waals surface area contributed by atoms with Crippen LogP contribution in [-0.2, 0) is 11.3 Å². The lowest BCUT2D eigenvalue weighted by molar-refractivity contribution is 0.0363. The summed E-state index contributed by atoms with van der Waals surface area (Å²) in [5.41, 5.74) is 3.93. The number of hydrogen-bond acceptors (Lipinski definition) is 7. The molecular formula is C24H30N8O3. The van der Waals surface area contributed by atoms with Crippen molar-refractivity contribution in [1.82, 2.24) is 24.8 Å². The van der Waals surface area contributed by atoms with Gasteiger partial charge in [-0.25, -0.2) is 9.78 Å². The maximum Gasteiger partial charge on any atom is 0.321 e. The van der Waals surface area contributed by atoms with Gasteiger partial charge >= 0.3 is 6.03 Å². The van der Waals surface area contributed by atoms with E-state index in [4.69, 9.17) is 4.74 Å². The van der Waals surface area contributed by atoms with E-state index in [1.165, 1.54) is 0 Å². The number of amides is 2. The van der Waals surface area contributed by atoms with Crippen molar-refractivity contribution in [1.29, 1.82) is 0 Å². The van der Waals surface area contributed by atoms with Crippen LogP contribution in [0, 0.1) is 0 Å². The molecule has 0 unspecified atom stereocenters. The van der Waals surface area contributed by atoms with E-state index in [0.717, 1.165) is 68.1 Å². The summed E-state index contributed by atoms with van der Waals surface area (Å²) < 4.78 is 7.14. The number of H-pyrrole nitrogens is 1. The molecule has 1 saturated heterocycles. The Bertz CT molecular complexity index is 1290. The predicted octanol–water partition coefficient (Wildman–Crippen LogP) is 2.06. The van der Waals surface area contributed by atoms with Crippen molar-refractivity contribution in [2.24, 2.45) is 5.10 Å². The number of hydrogen-bond donors (Lipinski definition) is 3. The molecule has 35 heavy (non-hydrogen) atoms. The first-order valence-corrected chi connectivity index (χ1v) is 12.0. The summed E-state index contributed by atoms with van der Waals surface area (Å²) in [5, 5.41) is 11.8. The summed E-state index contributed by atoms with van der Waals surface area (Å²) in [4.78, 5) is 35.0. The Labute approximate surface area is 202 Å². The average Bonchev–Trinajstić information content (AvgIpc) is 3.53. The highest BCUT2D eigenvalue weighted by Gasteiger charge is 2.19. The van der Waals surface area contributed by atoms with Gasteiger partial charge in [0.1, 0.15) is 5.52 Å². The van der Waals surface area contributed by atoms with Crippen LogP contribution in [-0.4, -0.2) is 77.6 Å². The predicted molar refractivity (Wildman–Crippen MR) is 136 cm³/mol. The number of aromatic nitrogens is 3. The van der Waals surface area contributed by atoms with E-state index in [1.807, 2.05) is 42.5 Å². The van der Waals surface area contributed by atoms with Crippen LogP contribution in [0.25, 0.3) is 22.2 Å². The number of aromatic amines is 1. The van der Waals surface area contributed by atoms with Gasteiger partial charge in [0.2, 0.25) is 5.95 Å². The van der Waals surface area contributed by atoms with Gasteiger partial charge in [0.15, 0.2) is 0 Å². The first-order chi connectivity index (χ1) is 17.1. The number of carbonyl (C=O) groups excluding carboxylic acids is 1. The number of fused-ring (bicyclic) bond motifs is 1. The van der Waals surface area contributed by atoms with E-state index in [-0.39, 0.29) is 11.6 Å². The molecule has 0 spiro atoms. The van der Waals surface area contributed by atoms with Crippen LogP contribution in [0.3, 0.4) is 0 Å². The van der Waals surface area contributed by atoms with Crippen molar-refractivity contribution in [3.8, 4) is 11.1 Å². The van der Waals surface area contributed by atoms with Gasteiger partial charge in [0.25, 0.3) is 5.56 Å². The maximum atomic E-state index is 12.9. The monoisotopic (exact) mass is 478 g/mol. The zero-order chi connectivity index (χ0) is 24.2. The number of nitrogens with one attached hydrogen (secondary N) is 3. The smallest absolute Gasteiger partial charge is 0.321 e. The average molecular weight is 479 g/mol. The summed E-state index contributed by atoms with van der Waals surface area (Å²) in [7, 11) is 0. The van der Waals surface area contributed by atoms with Gasteiger partial charge in [-0.15, -0.1) is 0 Å². The molecule has 4 heterocycles. The molecule has 2 aliphatic heterocycles. The number of nitrogens with zero attached hydrogens (tertiary/aromatic N) is 5. The molecule has 184 valence electrons. The van der Waals surface area contributed by atoms with Crippen LogP contribution < -0.4 is 21.2 Å². The highest BCUT2D eigenvalue weighted by atomic mass is 16.5. The molecule has 0 atom stereocenters. The normalized spacial score (nSPS) is 16.2. The van der Waals surface area contributed by atoms with Gasteiger partial charge in [-0.1, -0.05) is 0 Å². The standard InChI is InChI=1S/C24H30N8O3/c1-2-25-24(34)29-23-27-19-14-18(15-20(22(19)28-23)32-6-3-5-26-32)17-4-7-31(21(33)16-17)9-8-30-10-12-35-13-11-30/h4-5,7,14-16H,2-3,6,8-13H2,1H3,(H3,25,27,28,29,34). The van der Waals surface area contributed by atoms with Crippen molar-refractivity contribution >= 4 is 34.9 Å². The number of morpholine rings is 1. The lowest BCUT2D eigenvalue weighted by Gasteiger charge is -2.26. The molecule has 1 aromatic carbocycles. The molecule has 0 saturated carbocycles. The molecule has 2 aromatic heterocycles. The van der Waals surface area contributed by atoms with Gasteiger partial charge in [-0.3, -0.25) is 20.0 Å². The number of imidazole rings is 1. The van der Waals surface area contributed by atoms with Gasteiger partial charge in [-0.2, -0.15) is 5.10 Å². The number of anilines is 2. The quantitative estimate of drug-likeness (QED) is 0.478. The molecule has 11 heteroatoms. The van der Waals surface area contributed by atoms with Crippen LogP contribution in [0.5, 0.6) is 0 Å². The fourth-order valence-electron chi connectivity index (χ4n) is 4.36. The van der Waals surface area contributed by atoms with E-state index in [1.54, 1.807) is 10.6 Å². The molecule has 2 aliphatic rings. The van der Waals surface area contributed by atoms with Crippen LogP contribution >= 0.6 is 0 Å². The molecule has 3 aromatic rings. The van der Waals surface area contributed by atoms with E-state index >= 15 is 0 Å². The van der Waals surface area contributed by atoms with Crippen LogP contribution in [0.15, 0.2) is 40.4 Å². The van der Waals surface area contributed by atoms with E-state index in [2.05, 4.69) is 30.6 Å². The van der Waals surface area contributed by atoms with Crippen molar-refractivity contribution in [3.05, 3.63) is 40.8 Å². The SMILES string of the molecule is CCNC(=O)Nc1nc2c(N3CCC=N3)cc(-c3ccn(CCN4CCOCC4)c(=O)c3)cc2[nH]1. The second-order valence-electron chi connectivity index (χ2n) is 8.57. The number of benzene rings is 1. The topological polar surface area (TPSA) is 120 Å². The highest BCUT2D eigenvalue weighted by molar-refractivity contribution is 5.97. The Morgan fingerprint density at radius 1 is 1.14 bits per heavy atom. The van der Waals surface area contributed by atoms with E-state index in [9.17, 15) is 9.59 Å². The molecule has 1 fully saturated rings. The minimum atomic E-state index is -0.326. The number of carbonyl (C=O) groups is 1. The fourth-order valence-corrected chi connectivity index (χ4v) is 4.36. The molecular weight excluding hydrogens is 448 g/mol. The Morgan fingerprint density at radius 2 is 2.00 bits per heavy atom. The van der Waals surface area contributed by atoms with Crippen molar-refractivity contribution in [3.63, 3.8) is 0 Å². The van der Waals surface area contributed by atoms with Gasteiger partial charge in [-0.05, 0) is 36.2 Å². The van der Waals surface area contributed by atoms with Gasteiger partial charge < -0.3 is 19.6 Å². The number of urea groups is 1. The van der Waals surface area contributed by atoms with E-state index in [0.29, 0.717) is 24.6 Å². The summed E-state index contributed by atoms with van der Waals surface area (Å²) in [6, 6.07) is 7.24. The van der Waals surface area contributed by atoms with Crippen LogP contribution in [0.2, 0.25) is 0 Å². The molecule has 0 radical (unpaired) electrons. The summed E-state index contributed by atoms with van der Waals surface area (Å²) >= 11 is 0. The van der Waals surface area contributed by atoms with Gasteiger partial charge in [0, 0.05) is 64.2 Å². The summed E-state index contributed by atoms with van der Waals surface area (Å²) in [6.07, 6.45) is 4.57. The summed E-state index contributed by atoms with van der Waals surface area (Å²) in [6.45, 7) is 7.86. The van der Waals surface area contributed by atoms with Crippen LogP contribution in [0.4, 0.5) is 16.4 Å². The lowest BCUT2D eigenvalue weighted by atomic mass is 10.0. The molecule has 3 N–H and O–H groups in total. The Balaban J connectivity index is 1.43. The maximum absolute atomic E-state index is 12.9. The Kier molecular flexibility index (Phi) is 6.77. The molecule has 2 amide bonds.